The zero-order valence-electron chi connectivity index (χ0n) is 23.6. The third-order valence-corrected chi connectivity index (χ3v) is 8.66. The van der Waals surface area contributed by atoms with E-state index in [2.05, 4.69) is 0 Å². The van der Waals surface area contributed by atoms with Crippen LogP contribution in [0.2, 0.25) is 0 Å². The van der Waals surface area contributed by atoms with E-state index >= 15 is 0 Å². The molecule has 0 fully saturated rings. The quantitative estimate of drug-likeness (QED) is 0.290. The van der Waals surface area contributed by atoms with Crippen molar-refractivity contribution in [2.75, 3.05) is 13.4 Å². The van der Waals surface area contributed by atoms with Gasteiger partial charge in [-0.15, -0.1) is 0 Å². The van der Waals surface area contributed by atoms with Gasteiger partial charge in [-0.05, 0) is 48.4 Å². The molecule has 3 aromatic carbocycles. The lowest BCUT2D eigenvalue weighted by molar-refractivity contribution is -0.138. The highest BCUT2D eigenvalue weighted by Crippen LogP contribution is 2.40. The number of aromatic nitrogens is 3. The average molecular weight is 595 g/mol. The van der Waals surface area contributed by atoms with Gasteiger partial charge in [-0.2, -0.15) is 0 Å². The van der Waals surface area contributed by atoms with Crippen molar-refractivity contribution >= 4 is 40.1 Å². The maximum atomic E-state index is 14.2. The number of thiazole rings is 1. The molecule has 0 spiro atoms. The molecule has 2 aliphatic heterocycles. The Kier molecular flexibility index (Phi) is 6.39. The summed E-state index contributed by atoms with van der Waals surface area (Å²) in [4.78, 5) is 45.6. The van der Waals surface area contributed by atoms with Crippen LogP contribution >= 0.6 is 11.3 Å². The Balaban J connectivity index is 1.49. The van der Waals surface area contributed by atoms with Gasteiger partial charge < -0.3 is 14.2 Å². The molecular weight excluding hydrogens is 568 g/mol. The number of benzene rings is 3. The monoisotopic (exact) mass is 594 g/mol. The molecule has 0 saturated heterocycles. The van der Waals surface area contributed by atoms with Crippen molar-refractivity contribution < 1.29 is 19.0 Å². The first kappa shape index (κ1) is 26.7. The van der Waals surface area contributed by atoms with Crippen LogP contribution in [0.4, 0.5) is 0 Å². The maximum Gasteiger partial charge on any atom is 0.338 e. The Morgan fingerprint density at radius 3 is 2.56 bits per heavy atom. The second-order valence-electron chi connectivity index (χ2n) is 10.2. The standard InChI is InChI=1S/C32H26N4O6S/c1-4-40-30(38)26-27(19-8-6-5-7-9-19)33-31-36(28(26)20-11-13-23-24(16-20)42-17-41-23)29(37)25(43-31)15-18-10-12-21-22(14-18)35(3)32(39)34(21)2/h5-16,28H,4,17H2,1-3H3/t28-/m1/s1. The summed E-state index contributed by atoms with van der Waals surface area (Å²) >= 11 is 1.24. The summed E-state index contributed by atoms with van der Waals surface area (Å²) in [6.07, 6.45) is 1.79. The van der Waals surface area contributed by atoms with Crippen molar-refractivity contribution in [3.8, 4) is 11.5 Å². The van der Waals surface area contributed by atoms with Crippen LogP contribution in [0, 0.1) is 0 Å². The number of nitrogens with zero attached hydrogens (tertiary/aromatic N) is 4. The van der Waals surface area contributed by atoms with Crippen LogP contribution in [0.5, 0.6) is 11.5 Å². The van der Waals surface area contributed by atoms with Crippen LogP contribution in [0.25, 0.3) is 22.8 Å². The molecule has 0 amide bonds. The number of carbonyl (C=O) groups excluding carboxylic acids is 1. The van der Waals surface area contributed by atoms with Gasteiger partial charge in [0.2, 0.25) is 6.79 Å². The lowest BCUT2D eigenvalue weighted by Crippen LogP contribution is -2.40. The summed E-state index contributed by atoms with van der Waals surface area (Å²) in [5, 5.41) is 0. The van der Waals surface area contributed by atoms with E-state index in [1.165, 1.54) is 11.3 Å². The van der Waals surface area contributed by atoms with Crippen LogP contribution in [-0.4, -0.2) is 33.1 Å². The summed E-state index contributed by atoms with van der Waals surface area (Å²) in [6.45, 7) is 1.99. The van der Waals surface area contributed by atoms with Crippen LogP contribution in [-0.2, 0) is 23.6 Å². The van der Waals surface area contributed by atoms with E-state index in [4.69, 9.17) is 19.2 Å². The molecule has 1 atom stereocenters. The molecule has 2 aliphatic rings. The largest absolute Gasteiger partial charge is 0.463 e. The lowest BCUT2D eigenvalue weighted by Gasteiger charge is -2.26. The molecule has 0 saturated carbocycles. The highest BCUT2D eigenvalue weighted by atomic mass is 32.1. The Morgan fingerprint density at radius 1 is 1.00 bits per heavy atom. The minimum Gasteiger partial charge on any atom is -0.463 e. The third-order valence-electron chi connectivity index (χ3n) is 7.68. The Labute approximate surface area is 248 Å². The molecule has 2 aromatic heterocycles. The van der Waals surface area contributed by atoms with Gasteiger partial charge in [0.25, 0.3) is 5.56 Å². The second-order valence-corrected chi connectivity index (χ2v) is 11.2. The normalized spacial score (nSPS) is 16.0. The Morgan fingerprint density at radius 2 is 1.77 bits per heavy atom. The number of aryl methyl sites for hydroxylation is 2. The average Bonchev–Trinajstić information content (AvgIpc) is 3.68. The molecule has 43 heavy (non-hydrogen) atoms. The summed E-state index contributed by atoms with van der Waals surface area (Å²) in [5.41, 5.74) is 3.95. The van der Waals surface area contributed by atoms with E-state index in [0.717, 1.165) is 22.2 Å². The van der Waals surface area contributed by atoms with E-state index in [9.17, 15) is 14.4 Å². The van der Waals surface area contributed by atoms with Crippen molar-refractivity contribution in [2.45, 2.75) is 13.0 Å². The lowest BCUT2D eigenvalue weighted by atomic mass is 9.93. The molecular formula is C32H26N4O6S. The minimum absolute atomic E-state index is 0.0920. The van der Waals surface area contributed by atoms with E-state index < -0.39 is 12.0 Å². The number of hydrogen-bond acceptors (Lipinski definition) is 8. The van der Waals surface area contributed by atoms with E-state index in [1.54, 1.807) is 52.9 Å². The molecule has 4 heterocycles. The fourth-order valence-electron chi connectivity index (χ4n) is 5.60. The van der Waals surface area contributed by atoms with Crippen LogP contribution in [0.1, 0.15) is 29.7 Å². The highest BCUT2D eigenvalue weighted by molar-refractivity contribution is 7.07. The molecule has 216 valence electrons. The topological polar surface area (TPSA) is 106 Å². The number of carbonyl (C=O) groups is 1. The van der Waals surface area contributed by atoms with Gasteiger partial charge in [-0.25, -0.2) is 14.6 Å². The zero-order valence-corrected chi connectivity index (χ0v) is 24.4. The number of esters is 1. The number of fused-ring (bicyclic) bond motifs is 3. The molecule has 0 radical (unpaired) electrons. The first-order chi connectivity index (χ1) is 20.9. The first-order valence-electron chi connectivity index (χ1n) is 13.7. The Hall–Kier alpha value is -5.16. The summed E-state index contributed by atoms with van der Waals surface area (Å²) in [5.74, 6) is 0.562. The zero-order chi connectivity index (χ0) is 29.8. The maximum absolute atomic E-state index is 14.2. The van der Waals surface area contributed by atoms with Crippen LogP contribution < -0.4 is 30.1 Å². The molecule has 10 nitrogen and oxygen atoms in total. The molecule has 5 aromatic rings. The van der Waals surface area contributed by atoms with Crippen molar-refractivity contribution in [3.63, 3.8) is 0 Å². The SMILES string of the molecule is CCOC(=O)C1=C(c2ccccc2)N=c2sc(=Cc3ccc4c(c3)n(C)c(=O)n4C)c(=O)n2[C@@H]1c1ccc2c(c1)OCO2. The second kappa shape index (κ2) is 10.3. The molecule has 0 bridgehead atoms. The van der Waals surface area contributed by atoms with Crippen LogP contribution in [0.3, 0.4) is 0 Å². The number of hydrogen-bond donors (Lipinski definition) is 0. The van der Waals surface area contributed by atoms with Gasteiger partial charge in [0.1, 0.15) is 0 Å². The summed E-state index contributed by atoms with van der Waals surface area (Å²) in [7, 11) is 3.44. The van der Waals surface area contributed by atoms with E-state index in [-0.39, 0.29) is 30.2 Å². The highest BCUT2D eigenvalue weighted by Gasteiger charge is 2.36. The first-order valence-corrected chi connectivity index (χ1v) is 14.5. The van der Waals surface area contributed by atoms with Gasteiger partial charge in [0.05, 0.1) is 39.5 Å². The predicted octanol–water partition coefficient (Wildman–Crippen LogP) is 2.85. The molecule has 7 rings (SSSR count). The van der Waals surface area contributed by atoms with Crippen molar-refractivity contribution in [3.05, 3.63) is 119 Å². The molecule has 11 heteroatoms. The predicted molar refractivity (Wildman–Crippen MR) is 162 cm³/mol. The fourth-order valence-corrected chi connectivity index (χ4v) is 6.60. The van der Waals surface area contributed by atoms with E-state index in [1.807, 2.05) is 54.6 Å². The van der Waals surface area contributed by atoms with Gasteiger partial charge in [0.15, 0.2) is 16.3 Å². The van der Waals surface area contributed by atoms with Gasteiger partial charge in [0, 0.05) is 19.7 Å². The number of rotatable bonds is 5. The number of imidazole rings is 1. The molecule has 0 aliphatic carbocycles. The Bertz CT molecular complexity index is 2220. The van der Waals surface area contributed by atoms with Crippen LogP contribution in [0.15, 0.2) is 86.9 Å². The molecule has 0 unspecified atom stereocenters. The van der Waals surface area contributed by atoms with Gasteiger partial charge in [-0.1, -0.05) is 53.8 Å². The minimum atomic E-state index is -0.834. The molecule has 0 N–H and O–H groups in total. The van der Waals surface area contributed by atoms with Crippen molar-refractivity contribution in [1.29, 1.82) is 0 Å². The van der Waals surface area contributed by atoms with E-state index in [0.29, 0.717) is 32.1 Å². The van der Waals surface area contributed by atoms with Gasteiger partial charge in [-0.3, -0.25) is 18.5 Å². The van der Waals surface area contributed by atoms with Gasteiger partial charge >= 0.3 is 11.7 Å². The van der Waals surface area contributed by atoms with Crippen molar-refractivity contribution in [2.24, 2.45) is 19.1 Å². The van der Waals surface area contributed by atoms with Crippen molar-refractivity contribution in [1.82, 2.24) is 13.7 Å². The number of ether oxygens (including phenoxy) is 3. The smallest absolute Gasteiger partial charge is 0.338 e. The summed E-state index contributed by atoms with van der Waals surface area (Å²) in [6, 6.07) is 19.6. The fraction of sp³-hybridized carbons (Fsp3) is 0.188. The third kappa shape index (κ3) is 4.31. The summed E-state index contributed by atoms with van der Waals surface area (Å²) < 4.78 is 21.8.